The predicted molar refractivity (Wildman–Crippen MR) is 91.0 cm³/mol. The van der Waals surface area contributed by atoms with Crippen molar-refractivity contribution in [3.05, 3.63) is 52.0 Å². The van der Waals surface area contributed by atoms with Crippen molar-refractivity contribution < 1.29 is 14.3 Å². The summed E-state index contributed by atoms with van der Waals surface area (Å²) in [5.74, 6) is 0.722. The lowest BCUT2D eigenvalue weighted by molar-refractivity contribution is 0.102. The summed E-state index contributed by atoms with van der Waals surface area (Å²) in [6.07, 6.45) is 0. The van der Waals surface area contributed by atoms with Gasteiger partial charge in [-0.3, -0.25) is 4.79 Å². The van der Waals surface area contributed by atoms with Gasteiger partial charge in [-0.1, -0.05) is 6.07 Å². The predicted octanol–water partition coefficient (Wildman–Crippen LogP) is 3.98. The van der Waals surface area contributed by atoms with E-state index < -0.39 is 0 Å². The highest BCUT2D eigenvalue weighted by atomic mass is 79.9. The molecule has 6 heteroatoms. The van der Waals surface area contributed by atoms with Crippen LogP contribution in [0, 0.1) is 11.3 Å². The van der Waals surface area contributed by atoms with Gasteiger partial charge in [0.25, 0.3) is 5.91 Å². The summed E-state index contributed by atoms with van der Waals surface area (Å²) in [7, 11) is 1.54. The minimum atomic E-state index is -0.301. The molecule has 0 fully saturated rings. The van der Waals surface area contributed by atoms with Gasteiger partial charge in [0, 0.05) is 11.3 Å². The largest absolute Gasteiger partial charge is 0.492 e. The maximum atomic E-state index is 12.4. The Labute approximate surface area is 143 Å². The molecule has 1 amide bonds. The van der Waals surface area contributed by atoms with E-state index in [1.807, 2.05) is 13.0 Å². The van der Waals surface area contributed by atoms with E-state index in [4.69, 9.17) is 14.7 Å². The Hall–Kier alpha value is -2.52. The molecule has 118 valence electrons. The summed E-state index contributed by atoms with van der Waals surface area (Å²) >= 11 is 3.38. The molecule has 2 aromatic carbocycles. The third kappa shape index (κ3) is 4.02. The van der Waals surface area contributed by atoms with Crippen LogP contribution in [0.3, 0.4) is 0 Å². The second kappa shape index (κ2) is 7.65. The number of benzene rings is 2. The lowest BCUT2D eigenvalue weighted by atomic mass is 10.1. The second-order valence-corrected chi connectivity index (χ2v) is 5.42. The van der Waals surface area contributed by atoms with E-state index in [2.05, 4.69) is 21.2 Å². The van der Waals surface area contributed by atoms with E-state index in [1.54, 1.807) is 36.4 Å². The van der Waals surface area contributed by atoms with Crippen molar-refractivity contribution >= 4 is 27.5 Å². The highest BCUT2D eigenvalue weighted by molar-refractivity contribution is 9.10. The van der Waals surface area contributed by atoms with Gasteiger partial charge in [0.2, 0.25) is 0 Å². The van der Waals surface area contributed by atoms with Crippen LogP contribution in [0.4, 0.5) is 5.69 Å². The summed E-state index contributed by atoms with van der Waals surface area (Å²) in [5, 5.41) is 11.7. The van der Waals surface area contributed by atoms with Crippen molar-refractivity contribution in [2.24, 2.45) is 0 Å². The van der Waals surface area contributed by atoms with E-state index in [0.717, 1.165) is 0 Å². The van der Waals surface area contributed by atoms with Gasteiger partial charge in [0.05, 0.1) is 29.8 Å². The van der Waals surface area contributed by atoms with Crippen LogP contribution in [0.5, 0.6) is 11.5 Å². The molecule has 0 heterocycles. The number of hydrogen-bond donors (Lipinski definition) is 1. The fraction of sp³-hybridized carbons (Fsp3) is 0.176. The average Bonchev–Trinajstić information content (AvgIpc) is 2.55. The molecule has 23 heavy (non-hydrogen) atoms. The summed E-state index contributed by atoms with van der Waals surface area (Å²) in [5.41, 5.74) is 1.45. The molecule has 5 nitrogen and oxygen atoms in total. The molecule has 0 radical (unpaired) electrons. The molecule has 0 aliphatic heterocycles. The molecular weight excluding hydrogens is 360 g/mol. The smallest absolute Gasteiger partial charge is 0.255 e. The zero-order valence-corrected chi connectivity index (χ0v) is 14.3. The van der Waals surface area contributed by atoms with Crippen LogP contribution in [0.15, 0.2) is 40.9 Å². The van der Waals surface area contributed by atoms with Crippen LogP contribution in [0.2, 0.25) is 0 Å². The topological polar surface area (TPSA) is 71.3 Å². The van der Waals surface area contributed by atoms with Gasteiger partial charge in [0.1, 0.15) is 0 Å². The van der Waals surface area contributed by atoms with Gasteiger partial charge in [0.15, 0.2) is 11.5 Å². The van der Waals surface area contributed by atoms with Gasteiger partial charge >= 0.3 is 0 Å². The van der Waals surface area contributed by atoms with Crippen molar-refractivity contribution in [2.45, 2.75) is 6.92 Å². The molecule has 0 spiro atoms. The van der Waals surface area contributed by atoms with E-state index >= 15 is 0 Å². The van der Waals surface area contributed by atoms with Gasteiger partial charge in [-0.15, -0.1) is 0 Å². The lowest BCUT2D eigenvalue weighted by Crippen LogP contribution is -2.12. The molecule has 0 saturated carbocycles. The van der Waals surface area contributed by atoms with Crippen LogP contribution in [-0.2, 0) is 0 Å². The number of ether oxygens (including phenoxy) is 2. The summed E-state index contributed by atoms with van der Waals surface area (Å²) in [4.78, 5) is 12.4. The maximum absolute atomic E-state index is 12.4. The molecule has 0 bridgehead atoms. The molecular formula is C17H15BrN2O3. The summed E-state index contributed by atoms with van der Waals surface area (Å²) in [6.45, 7) is 2.31. The third-order valence-corrected chi connectivity index (χ3v) is 3.61. The fourth-order valence-corrected chi connectivity index (χ4v) is 2.63. The molecule has 0 aliphatic rings. The van der Waals surface area contributed by atoms with Crippen LogP contribution in [0.1, 0.15) is 22.8 Å². The number of anilines is 1. The van der Waals surface area contributed by atoms with Crippen LogP contribution in [0.25, 0.3) is 0 Å². The fourth-order valence-electron chi connectivity index (χ4n) is 2.03. The molecule has 0 aliphatic carbocycles. The van der Waals surface area contributed by atoms with Crippen molar-refractivity contribution in [2.75, 3.05) is 19.0 Å². The number of nitrogens with zero attached hydrogens (tertiary/aromatic N) is 1. The standard InChI is InChI=1S/C17H15BrN2O3/c1-3-23-15-9-12(8-14(18)16(15)22-2)17(21)20-13-6-4-5-11(7-13)10-19/h4-9H,3H2,1-2H3,(H,20,21). The number of amides is 1. The first-order chi connectivity index (χ1) is 11.1. The Morgan fingerprint density at radius 3 is 2.78 bits per heavy atom. The minimum Gasteiger partial charge on any atom is -0.492 e. The Morgan fingerprint density at radius 1 is 1.35 bits per heavy atom. The number of nitrogens with one attached hydrogen (secondary N) is 1. The van der Waals surface area contributed by atoms with Gasteiger partial charge in [-0.25, -0.2) is 0 Å². The van der Waals surface area contributed by atoms with Gasteiger partial charge in [-0.2, -0.15) is 5.26 Å². The van der Waals surface area contributed by atoms with Crippen molar-refractivity contribution in [1.29, 1.82) is 5.26 Å². The highest BCUT2D eigenvalue weighted by Crippen LogP contribution is 2.36. The number of carbonyl (C=O) groups excluding carboxylic acids is 1. The van der Waals surface area contributed by atoms with Crippen LogP contribution >= 0.6 is 15.9 Å². The van der Waals surface area contributed by atoms with Gasteiger partial charge < -0.3 is 14.8 Å². The molecule has 0 aromatic heterocycles. The van der Waals surface area contributed by atoms with E-state index in [0.29, 0.717) is 39.4 Å². The zero-order chi connectivity index (χ0) is 16.8. The Kier molecular flexibility index (Phi) is 5.61. The molecule has 0 atom stereocenters. The summed E-state index contributed by atoms with van der Waals surface area (Å²) in [6, 6.07) is 12.0. The number of carbonyl (C=O) groups is 1. The van der Waals surface area contributed by atoms with Crippen LogP contribution in [-0.4, -0.2) is 19.6 Å². The Bertz CT molecular complexity index is 769. The SMILES string of the molecule is CCOc1cc(C(=O)Nc2cccc(C#N)c2)cc(Br)c1OC. The number of nitriles is 1. The zero-order valence-electron chi connectivity index (χ0n) is 12.7. The maximum Gasteiger partial charge on any atom is 0.255 e. The Morgan fingerprint density at radius 2 is 2.13 bits per heavy atom. The molecule has 2 aromatic rings. The van der Waals surface area contributed by atoms with E-state index in [9.17, 15) is 4.79 Å². The van der Waals surface area contributed by atoms with Gasteiger partial charge in [-0.05, 0) is 53.2 Å². The van der Waals surface area contributed by atoms with E-state index in [-0.39, 0.29) is 5.91 Å². The monoisotopic (exact) mass is 374 g/mol. The van der Waals surface area contributed by atoms with E-state index in [1.165, 1.54) is 7.11 Å². The molecule has 2 rings (SSSR count). The van der Waals surface area contributed by atoms with Crippen LogP contribution < -0.4 is 14.8 Å². The first-order valence-electron chi connectivity index (χ1n) is 6.91. The first kappa shape index (κ1) is 16.8. The lowest BCUT2D eigenvalue weighted by Gasteiger charge is -2.13. The molecule has 1 N–H and O–H groups in total. The highest BCUT2D eigenvalue weighted by Gasteiger charge is 2.15. The Balaban J connectivity index is 2.30. The minimum absolute atomic E-state index is 0.301. The molecule has 0 saturated heterocycles. The normalized spacial score (nSPS) is 9.83. The number of halogens is 1. The van der Waals surface area contributed by atoms with Crippen molar-refractivity contribution in [3.63, 3.8) is 0 Å². The first-order valence-corrected chi connectivity index (χ1v) is 7.70. The average molecular weight is 375 g/mol. The van der Waals surface area contributed by atoms with Crippen molar-refractivity contribution in [3.8, 4) is 17.6 Å². The number of hydrogen-bond acceptors (Lipinski definition) is 4. The quantitative estimate of drug-likeness (QED) is 0.858. The number of rotatable bonds is 5. The van der Waals surface area contributed by atoms with Crippen molar-refractivity contribution in [1.82, 2.24) is 0 Å². The third-order valence-electron chi connectivity index (χ3n) is 3.03. The number of methoxy groups -OCH3 is 1. The summed E-state index contributed by atoms with van der Waals surface area (Å²) < 4.78 is 11.4. The molecule has 0 unspecified atom stereocenters. The second-order valence-electron chi connectivity index (χ2n) is 4.57.